The van der Waals surface area contributed by atoms with Gasteiger partial charge in [0.25, 0.3) is 6.29 Å². The summed E-state index contributed by atoms with van der Waals surface area (Å²) in [6, 6.07) is 0. The van der Waals surface area contributed by atoms with E-state index in [-0.39, 0.29) is 32.2 Å². The van der Waals surface area contributed by atoms with E-state index in [9.17, 15) is 19.5 Å². The molecular formula is C70H120NO8+. The molecule has 9 nitrogen and oxygen atoms in total. The smallest absolute Gasteiger partial charge is 0.361 e. The Morgan fingerprint density at radius 1 is 0.392 bits per heavy atom. The monoisotopic (exact) mass is 1100 g/mol. The quantitative estimate of drug-likeness (QED) is 0.0211. The van der Waals surface area contributed by atoms with Gasteiger partial charge in [-0.1, -0.05) is 252 Å². The van der Waals surface area contributed by atoms with Crippen molar-refractivity contribution in [3.05, 3.63) is 109 Å². The maximum atomic E-state index is 12.9. The number of quaternary nitrogens is 1. The molecule has 0 aliphatic heterocycles. The maximum Gasteiger partial charge on any atom is 0.361 e. The summed E-state index contributed by atoms with van der Waals surface area (Å²) in [5.74, 6) is -2.01. The zero-order chi connectivity index (χ0) is 57.6. The molecule has 0 saturated heterocycles. The van der Waals surface area contributed by atoms with E-state index in [0.29, 0.717) is 23.9 Å². The standard InChI is InChI=1S/C70H119NO8/c1-6-8-10-12-14-16-18-20-22-24-25-26-27-28-29-30-31-32-33-34-35-36-37-38-39-40-41-42-43-45-47-49-51-53-55-57-59-61-68(73)79-66(65-78-70(69(74)75)76-63-62-71(3,4)5)64-77-67(72)60-58-56-54-52-50-48-46-44-23-21-19-17-15-13-11-9-7-2/h8,10,14,16,20-23,25-26,28-29,31-32,34-35,37-38,66,70H,6-7,9,11-13,15,17-19,24,27,30,33,36,39-65H2,1-5H3/p+1/b10-8-,16-14-,22-20-,23-21-,26-25-,29-28-,32-31-,35-34-,38-37-. The minimum atomic E-state index is -1.52. The molecule has 2 atom stereocenters. The summed E-state index contributed by atoms with van der Waals surface area (Å²) in [5.41, 5.74) is 0. The molecule has 2 unspecified atom stereocenters. The molecule has 1 N–H and O–H groups in total. The average molecular weight is 1100 g/mol. The van der Waals surface area contributed by atoms with Crippen molar-refractivity contribution in [3.63, 3.8) is 0 Å². The molecule has 0 aromatic heterocycles. The van der Waals surface area contributed by atoms with Gasteiger partial charge in [-0.05, 0) is 103 Å². The number of esters is 2. The average Bonchev–Trinajstić information content (AvgIpc) is 3.42. The van der Waals surface area contributed by atoms with Gasteiger partial charge in [0, 0.05) is 12.8 Å². The van der Waals surface area contributed by atoms with Gasteiger partial charge in [0.05, 0.1) is 34.4 Å². The van der Waals surface area contributed by atoms with E-state index in [1.54, 1.807) is 0 Å². The number of hydrogen-bond acceptors (Lipinski definition) is 7. The highest BCUT2D eigenvalue weighted by Gasteiger charge is 2.25. The molecule has 0 aliphatic rings. The Kier molecular flexibility index (Phi) is 57.0. The van der Waals surface area contributed by atoms with Gasteiger partial charge in [0.15, 0.2) is 6.10 Å². The summed E-state index contributed by atoms with van der Waals surface area (Å²) in [6.07, 6.45) is 80.4. The summed E-state index contributed by atoms with van der Waals surface area (Å²) in [5, 5.41) is 9.72. The number of unbranched alkanes of at least 4 members (excludes halogenated alkanes) is 25. The normalized spacial score (nSPS) is 13.5. The molecule has 452 valence electrons. The molecule has 0 spiro atoms. The fraction of sp³-hybridized carbons (Fsp3) is 0.700. The highest BCUT2D eigenvalue weighted by molar-refractivity contribution is 5.71. The van der Waals surface area contributed by atoms with Crippen LogP contribution < -0.4 is 0 Å². The van der Waals surface area contributed by atoms with Crippen molar-refractivity contribution in [1.29, 1.82) is 0 Å². The van der Waals surface area contributed by atoms with Crippen LogP contribution in [0.4, 0.5) is 0 Å². The van der Waals surface area contributed by atoms with Crippen molar-refractivity contribution in [2.45, 2.75) is 270 Å². The third-order valence-corrected chi connectivity index (χ3v) is 13.5. The topological polar surface area (TPSA) is 108 Å². The molecule has 79 heavy (non-hydrogen) atoms. The molecule has 0 rings (SSSR count). The Hall–Kier alpha value is -4.05. The number of carboxylic acids is 1. The summed E-state index contributed by atoms with van der Waals surface area (Å²) in [7, 11) is 5.97. The lowest BCUT2D eigenvalue weighted by atomic mass is 10.0. The number of nitrogens with zero attached hydrogens (tertiary/aromatic N) is 1. The van der Waals surface area contributed by atoms with Crippen LogP contribution in [0.15, 0.2) is 109 Å². The summed E-state index contributed by atoms with van der Waals surface area (Å²) >= 11 is 0. The second kappa shape index (κ2) is 60.1. The van der Waals surface area contributed by atoms with Crippen LogP contribution in [0.5, 0.6) is 0 Å². The van der Waals surface area contributed by atoms with Crippen LogP contribution >= 0.6 is 0 Å². The molecule has 0 aliphatic carbocycles. The lowest BCUT2D eigenvalue weighted by molar-refractivity contribution is -0.870. The van der Waals surface area contributed by atoms with Gasteiger partial charge in [-0.2, -0.15) is 0 Å². The molecule has 0 fully saturated rings. The van der Waals surface area contributed by atoms with Crippen LogP contribution in [0.1, 0.15) is 258 Å². The van der Waals surface area contributed by atoms with Gasteiger partial charge in [-0.3, -0.25) is 9.59 Å². The van der Waals surface area contributed by atoms with Gasteiger partial charge >= 0.3 is 17.9 Å². The predicted octanol–water partition coefficient (Wildman–Crippen LogP) is 19.5. The summed E-state index contributed by atoms with van der Waals surface area (Å²) in [4.78, 5) is 37.5. The second-order valence-electron chi connectivity index (χ2n) is 22.3. The van der Waals surface area contributed by atoms with Crippen molar-refractivity contribution < 1.29 is 42.9 Å². The van der Waals surface area contributed by atoms with E-state index in [2.05, 4.69) is 123 Å². The fourth-order valence-electron chi connectivity index (χ4n) is 8.61. The van der Waals surface area contributed by atoms with Crippen LogP contribution in [0.3, 0.4) is 0 Å². The van der Waals surface area contributed by atoms with Gasteiger partial charge < -0.3 is 28.5 Å². The minimum absolute atomic E-state index is 0.183. The van der Waals surface area contributed by atoms with E-state index < -0.39 is 24.3 Å². The Morgan fingerprint density at radius 2 is 0.722 bits per heavy atom. The number of carboxylic acid groups (broad SMARTS) is 1. The minimum Gasteiger partial charge on any atom is -0.477 e. The third-order valence-electron chi connectivity index (χ3n) is 13.5. The second-order valence-corrected chi connectivity index (χ2v) is 22.3. The summed E-state index contributed by atoms with van der Waals surface area (Å²) < 4.78 is 22.9. The van der Waals surface area contributed by atoms with Crippen LogP contribution in [0.2, 0.25) is 0 Å². The van der Waals surface area contributed by atoms with Crippen molar-refractivity contribution in [2.75, 3.05) is 47.5 Å². The number of likely N-dealkylation sites (N-methyl/N-ethyl adjacent to an activating group) is 1. The molecule has 0 radical (unpaired) electrons. The van der Waals surface area contributed by atoms with E-state index in [1.807, 2.05) is 21.1 Å². The molecule has 0 heterocycles. The van der Waals surface area contributed by atoms with Crippen LogP contribution in [-0.2, 0) is 33.3 Å². The lowest BCUT2D eigenvalue weighted by Crippen LogP contribution is -2.40. The highest BCUT2D eigenvalue weighted by atomic mass is 16.7. The predicted molar refractivity (Wildman–Crippen MR) is 336 cm³/mol. The number of ether oxygens (including phenoxy) is 4. The Labute approximate surface area is 485 Å². The number of allylic oxidation sites excluding steroid dienone is 18. The first kappa shape index (κ1) is 75.0. The van der Waals surface area contributed by atoms with Crippen molar-refractivity contribution >= 4 is 17.9 Å². The molecule has 0 bridgehead atoms. The third kappa shape index (κ3) is 61.4. The highest BCUT2D eigenvalue weighted by Crippen LogP contribution is 2.16. The molecule has 0 saturated carbocycles. The van der Waals surface area contributed by atoms with Crippen LogP contribution in [-0.4, -0.2) is 87.4 Å². The first-order valence-corrected chi connectivity index (χ1v) is 32.1. The zero-order valence-corrected chi connectivity index (χ0v) is 51.5. The molecule has 9 heteroatoms. The Bertz CT molecular complexity index is 1660. The van der Waals surface area contributed by atoms with Crippen molar-refractivity contribution in [1.82, 2.24) is 0 Å². The first-order valence-electron chi connectivity index (χ1n) is 32.1. The van der Waals surface area contributed by atoms with E-state index >= 15 is 0 Å². The number of carbonyl (C=O) groups excluding carboxylic acids is 2. The van der Waals surface area contributed by atoms with E-state index in [1.165, 1.54) is 128 Å². The zero-order valence-electron chi connectivity index (χ0n) is 51.5. The van der Waals surface area contributed by atoms with Crippen LogP contribution in [0, 0.1) is 0 Å². The first-order chi connectivity index (χ1) is 38.6. The molecule has 0 aromatic carbocycles. The van der Waals surface area contributed by atoms with Crippen molar-refractivity contribution in [2.24, 2.45) is 0 Å². The number of hydrogen-bond donors (Lipinski definition) is 1. The lowest BCUT2D eigenvalue weighted by Gasteiger charge is -2.25. The van der Waals surface area contributed by atoms with Crippen LogP contribution in [0.25, 0.3) is 0 Å². The molecule has 0 amide bonds. The Morgan fingerprint density at radius 3 is 1.09 bits per heavy atom. The SMILES string of the molecule is CC/C=C\C/C=C\C/C=C\C/C=C\C/C=C\C/C=C\C/C=C\C/C=C\CCCCCCCCCCCCCCC(=O)OC(COC(=O)CCCCCCCCC/C=C\CCCCCCCC)COC(OCC[N+](C)(C)C)C(=O)O. The molecule has 0 aromatic rings. The van der Waals surface area contributed by atoms with Gasteiger partial charge in [-0.15, -0.1) is 0 Å². The van der Waals surface area contributed by atoms with Gasteiger partial charge in [0.2, 0.25) is 0 Å². The molecular weight excluding hydrogens is 983 g/mol. The Balaban J connectivity index is 4.15. The summed E-state index contributed by atoms with van der Waals surface area (Å²) in [6.45, 7) is 4.76. The van der Waals surface area contributed by atoms with E-state index in [4.69, 9.17) is 18.9 Å². The largest absolute Gasteiger partial charge is 0.477 e. The van der Waals surface area contributed by atoms with E-state index in [0.717, 1.165) is 96.3 Å². The fourth-order valence-corrected chi connectivity index (χ4v) is 8.61. The number of carbonyl (C=O) groups is 3. The number of rotatable bonds is 58. The van der Waals surface area contributed by atoms with Crippen molar-refractivity contribution in [3.8, 4) is 0 Å². The maximum absolute atomic E-state index is 12.9. The number of aliphatic carboxylic acids is 1. The van der Waals surface area contributed by atoms with Gasteiger partial charge in [0.1, 0.15) is 13.2 Å². The van der Waals surface area contributed by atoms with Gasteiger partial charge in [-0.25, -0.2) is 4.79 Å².